The van der Waals surface area contributed by atoms with Crippen molar-refractivity contribution in [2.24, 2.45) is 0 Å². The first-order valence-corrected chi connectivity index (χ1v) is 8.39. The molecular weight excluding hydrogens is 286 g/mol. The van der Waals surface area contributed by atoms with E-state index in [1.165, 1.54) is 5.56 Å². The standard InChI is InChI=1S/C20H25NO2/c22-16-18-9-4-5-10-19(18)20(23)11-6-13-21(14-12-20)15-17-7-2-1-3-8-17/h1-5,7-10,22-23H,6,11-16H2. The summed E-state index contributed by atoms with van der Waals surface area (Å²) in [4.78, 5) is 2.41. The molecule has 2 N–H and O–H groups in total. The van der Waals surface area contributed by atoms with Gasteiger partial charge in [-0.3, -0.25) is 4.90 Å². The van der Waals surface area contributed by atoms with Crippen LogP contribution in [0.15, 0.2) is 54.6 Å². The van der Waals surface area contributed by atoms with E-state index < -0.39 is 5.60 Å². The Hall–Kier alpha value is -1.68. The average molecular weight is 311 g/mol. The molecule has 0 radical (unpaired) electrons. The van der Waals surface area contributed by atoms with Crippen molar-refractivity contribution < 1.29 is 10.2 Å². The number of benzene rings is 2. The lowest BCUT2D eigenvalue weighted by Crippen LogP contribution is -2.30. The van der Waals surface area contributed by atoms with Crippen molar-refractivity contribution in [3.05, 3.63) is 71.3 Å². The first kappa shape index (κ1) is 16.2. The van der Waals surface area contributed by atoms with E-state index in [2.05, 4.69) is 29.2 Å². The van der Waals surface area contributed by atoms with Crippen LogP contribution in [-0.2, 0) is 18.8 Å². The van der Waals surface area contributed by atoms with Crippen molar-refractivity contribution in [1.82, 2.24) is 4.90 Å². The zero-order chi connectivity index (χ0) is 16.1. The zero-order valence-electron chi connectivity index (χ0n) is 13.5. The van der Waals surface area contributed by atoms with Crippen LogP contribution in [0.25, 0.3) is 0 Å². The van der Waals surface area contributed by atoms with E-state index in [-0.39, 0.29) is 6.61 Å². The second-order valence-electron chi connectivity index (χ2n) is 6.46. The Morgan fingerprint density at radius 2 is 1.65 bits per heavy atom. The van der Waals surface area contributed by atoms with Crippen molar-refractivity contribution in [2.75, 3.05) is 13.1 Å². The summed E-state index contributed by atoms with van der Waals surface area (Å²) < 4.78 is 0. The molecule has 0 aromatic heterocycles. The molecule has 0 amide bonds. The Balaban J connectivity index is 1.72. The molecule has 0 aliphatic carbocycles. The highest BCUT2D eigenvalue weighted by Crippen LogP contribution is 2.35. The highest BCUT2D eigenvalue weighted by molar-refractivity contribution is 5.32. The molecule has 2 aromatic carbocycles. The van der Waals surface area contributed by atoms with E-state index in [0.29, 0.717) is 6.42 Å². The third-order valence-electron chi connectivity index (χ3n) is 4.84. The highest BCUT2D eigenvalue weighted by Gasteiger charge is 2.33. The van der Waals surface area contributed by atoms with Gasteiger partial charge in [-0.05, 0) is 42.5 Å². The smallest absolute Gasteiger partial charge is 0.0912 e. The van der Waals surface area contributed by atoms with Gasteiger partial charge < -0.3 is 10.2 Å². The van der Waals surface area contributed by atoms with E-state index >= 15 is 0 Å². The highest BCUT2D eigenvalue weighted by atomic mass is 16.3. The topological polar surface area (TPSA) is 43.7 Å². The molecule has 2 aromatic rings. The fourth-order valence-electron chi connectivity index (χ4n) is 3.56. The van der Waals surface area contributed by atoms with Crippen LogP contribution in [0.3, 0.4) is 0 Å². The quantitative estimate of drug-likeness (QED) is 0.912. The van der Waals surface area contributed by atoms with E-state index in [9.17, 15) is 10.2 Å². The molecule has 23 heavy (non-hydrogen) atoms. The number of hydrogen-bond donors (Lipinski definition) is 2. The summed E-state index contributed by atoms with van der Waals surface area (Å²) in [5.74, 6) is 0. The van der Waals surface area contributed by atoms with Crippen molar-refractivity contribution in [2.45, 2.75) is 38.0 Å². The van der Waals surface area contributed by atoms with Crippen LogP contribution in [0, 0.1) is 0 Å². The Bertz CT molecular complexity index is 629. The number of rotatable bonds is 4. The minimum Gasteiger partial charge on any atom is -0.392 e. The summed E-state index contributed by atoms with van der Waals surface area (Å²) in [6, 6.07) is 18.2. The Labute approximate surface area is 138 Å². The van der Waals surface area contributed by atoms with Gasteiger partial charge >= 0.3 is 0 Å². The predicted molar refractivity (Wildman–Crippen MR) is 91.8 cm³/mol. The van der Waals surface area contributed by atoms with Crippen molar-refractivity contribution in [1.29, 1.82) is 0 Å². The van der Waals surface area contributed by atoms with Crippen molar-refractivity contribution >= 4 is 0 Å². The van der Waals surface area contributed by atoms with E-state index in [1.807, 2.05) is 30.3 Å². The number of hydrogen-bond acceptors (Lipinski definition) is 3. The van der Waals surface area contributed by atoms with Crippen molar-refractivity contribution in [3.63, 3.8) is 0 Å². The fourth-order valence-corrected chi connectivity index (χ4v) is 3.56. The Morgan fingerprint density at radius 3 is 2.43 bits per heavy atom. The number of nitrogens with zero attached hydrogens (tertiary/aromatic N) is 1. The third-order valence-corrected chi connectivity index (χ3v) is 4.84. The summed E-state index contributed by atoms with van der Waals surface area (Å²) in [6.07, 6.45) is 2.41. The van der Waals surface area contributed by atoms with Crippen LogP contribution < -0.4 is 0 Å². The molecule has 1 unspecified atom stereocenters. The SMILES string of the molecule is OCc1ccccc1C1(O)CCCN(Cc2ccccc2)CC1. The molecule has 0 bridgehead atoms. The van der Waals surface area contributed by atoms with E-state index in [1.54, 1.807) is 0 Å². The maximum absolute atomic E-state index is 11.2. The Kier molecular flexibility index (Phi) is 5.11. The molecular formula is C20H25NO2. The molecule has 1 atom stereocenters. The molecule has 1 fully saturated rings. The number of aliphatic hydroxyl groups excluding tert-OH is 1. The summed E-state index contributed by atoms with van der Waals surface area (Å²) in [6.45, 7) is 2.77. The average Bonchev–Trinajstić information content (AvgIpc) is 2.78. The molecule has 122 valence electrons. The van der Waals surface area contributed by atoms with E-state index in [0.717, 1.165) is 43.6 Å². The van der Waals surface area contributed by atoms with Gasteiger partial charge in [-0.2, -0.15) is 0 Å². The summed E-state index contributed by atoms with van der Waals surface area (Å²) >= 11 is 0. The van der Waals surface area contributed by atoms with Crippen LogP contribution in [0.2, 0.25) is 0 Å². The van der Waals surface area contributed by atoms with Crippen LogP contribution in [0.4, 0.5) is 0 Å². The second kappa shape index (κ2) is 7.26. The maximum Gasteiger partial charge on any atom is 0.0912 e. The van der Waals surface area contributed by atoms with Crippen LogP contribution in [0.5, 0.6) is 0 Å². The van der Waals surface area contributed by atoms with Gasteiger partial charge in [-0.15, -0.1) is 0 Å². The number of aliphatic hydroxyl groups is 2. The minimum absolute atomic E-state index is 0.0216. The van der Waals surface area contributed by atoms with Gasteiger partial charge in [-0.1, -0.05) is 54.6 Å². The molecule has 1 saturated heterocycles. The first-order chi connectivity index (χ1) is 11.2. The zero-order valence-corrected chi connectivity index (χ0v) is 13.5. The van der Waals surface area contributed by atoms with Crippen molar-refractivity contribution in [3.8, 4) is 0 Å². The summed E-state index contributed by atoms with van der Waals surface area (Å²) in [7, 11) is 0. The largest absolute Gasteiger partial charge is 0.392 e. The molecule has 0 saturated carbocycles. The third kappa shape index (κ3) is 3.81. The molecule has 0 spiro atoms. The minimum atomic E-state index is -0.829. The summed E-state index contributed by atoms with van der Waals surface area (Å²) in [5.41, 5.74) is 2.22. The van der Waals surface area contributed by atoms with Crippen LogP contribution in [-0.4, -0.2) is 28.2 Å². The first-order valence-electron chi connectivity index (χ1n) is 8.39. The van der Waals surface area contributed by atoms with Gasteiger partial charge in [0.15, 0.2) is 0 Å². The van der Waals surface area contributed by atoms with Gasteiger partial charge in [0.1, 0.15) is 0 Å². The molecule has 1 aliphatic heterocycles. The maximum atomic E-state index is 11.2. The molecule has 1 aliphatic rings. The normalized spacial score (nSPS) is 22.7. The fraction of sp³-hybridized carbons (Fsp3) is 0.400. The van der Waals surface area contributed by atoms with Gasteiger partial charge in [0.2, 0.25) is 0 Å². The monoisotopic (exact) mass is 311 g/mol. The lowest BCUT2D eigenvalue weighted by atomic mass is 9.84. The second-order valence-corrected chi connectivity index (χ2v) is 6.46. The van der Waals surface area contributed by atoms with Gasteiger partial charge in [0, 0.05) is 13.1 Å². The Morgan fingerprint density at radius 1 is 0.913 bits per heavy atom. The van der Waals surface area contributed by atoms with E-state index in [4.69, 9.17) is 0 Å². The summed E-state index contributed by atoms with van der Waals surface area (Å²) in [5, 5.41) is 20.7. The molecule has 1 heterocycles. The molecule has 3 rings (SSSR count). The van der Waals surface area contributed by atoms with Gasteiger partial charge in [0.25, 0.3) is 0 Å². The number of likely N-dealkylation sites (tertiary alicyclic amines) is 1. The van der Waals surface area contributed by atoms with Crippen LogP contribution in [0.1, 0.15) is 36.0 Å². The van der Waals surface area contributed by atoms with Crippen LogP contribution >= 0.6 is 0 Å². The van der Waals surface area contributed by atoms with Gasteiger partial charge in [0.05, 0.1) is 12.2 Å². The lowest BCUT2D eigenvalue weighted by Gasteiger charge is -2.29. The lowest BCUT2D eigenvalue weighted by molar-refractivity contribution is 0.0191. The predicted octanol–water partition coefficient (Wildman–Crippen LogP) is 3.05. The molecule has 3 nitrogen and oxygen atoms in total. The van der Waals surface area contributed by atoms with Gasteiger partial charge in [-0.25, -0.2) is 0 Å². The molecule has 3 heteroatoms.